The van der Waals surface area contributed by atoms with E-state index in [1.54, 1.807) is 12.8 Å². The lowest BCUT2D eigenvalue weighted by Crippen LogP contribution is -2.50. The minimum Gasteiger partial charge on any atom is -0.324 e. The van der Waals surface area contributed by atoms with Crippen LogP contribution >= 0.6 is 0 Å². The van der Waals surface area contributed by atoms with Gasteiger partial charge in [0.15, 0.2) is 0 Å². The summed E-state index contributed by atoms with van der Waals surface area (Å²) in [6, 6.07) is 0. The lowest BCUT2D eigenvalue weighted by Gasteiger charge is -2.44. The highest BCUT2D eigenvalue weighted by Crippen LogP contribution is 2.91. The van der Waals surface area contributed by atoms with Crippen molar-refractivity contribution in [1.82, 2.24) is 0 Å². The molecule has 7 fully saturated rings. The van der Waals surface area contributed by atoms with Gasteiger partial charge in [-0.2, -0.15) is 0 Å². The Morgan fingerprint density at radius 3 is 1.92 bits per heavy atom. The van der Waals surface area contributed by atoms with E-state index in [0.717, 1.165) is 41.4 Å². The first kappa shape index (κ1) is 5.75. The largest absolute Gasteiger partial charge is 0.324 e. The van der Waals surface area contributed by atoms with Gasteiger partial charge in [-0.1, -0.05) is 0 Å². The van der Waals surface area contributed by atoms with Crippen LogP contribution in [0.25, 0.3) is 0 Å². The summed E-state index contributed by atoms with van der Waals surface area (Å²) in [4.78, 5) is 0. The standard InChI is InChI=1S/C12H15N/c13-12-5-1-3-7-8-4(11(3)12)2-6(12)10(8)9(5)7/h3-11H,1-2,13H2. The Morgan fingerprint density at radius 1 is 0.846 bits per heavy atom. The van der Waals surface area contributed by atoms with Crippen LogP contribution in [0.4, 0.5) is 0 Å². The minimum absolute atomic E-state index is 0.397. The van der Waals surface area contributed by atoms with Crippen LogP contribution in [0.5, 0.6) is 0 Å². The van der Waals surface area contributed by atoms with Gasteiger partial charge in [0, 0.05) is 5.54 Å². The SMILES string of the molecule is NC12C3CC4C5C6C(CC1C6C53)C42. The van der Waals surface area contributed by atoms with Crippen molar-refractivity contribution >= 4 is 0 Å². The third-order valence-corrected chi connectivity index (χ3v) is 7.53. The first-order valence-corrected chi connectivity index (χ1v) is 6.12. The maximum absolute atomic E-state index is 6.77. The molecule has 7 aliphatic rings. The van der Waals surface area contributed by atoms with Crippen molar-refractivity contribution in [2.75, 3.05) is 0 Å². The van der Waals surface area contributed by atoms with Gasteiger partial charge < -0.3 is 5.73 Å². The molecule has 0 aromatic heterocycles. The summed E-state index contributed by atoms with van der Waals surface area (Å²) in [5.74, 6) is 9.98. The average Bonchev–Trinajstić information content (AvgIpc) is 2.60. The molecular formula is C12H15N. The van der Waals surface area contributed by atoms with Crippen molar-refractivity contribution in [1.29, 1.82) is 0 Å². The monoisotopic (exact) mass is 173 g/mol. The van der Waals surface area contributed by atoms with Gasteiger partial charge in [-0.25, -0.2) is 0 Å². The molecule has 0 aromatic carbocycles. The molecule has 68 valence electrons. The van der Waals surface area contributed by atoms with Crippen LogP contribution in [0.1, 0.15) is 12.8 Å². The van der Waals surface area contributed by atoms with Gasteiger partial charge in [-0.3, -0.25) is 0 Å². The summed E-state index contributed by atoms with van der Waals surface area (Å²) in [5, 5.41) is 0. The molecule has 7 aliphatic carbocycles. The maximum Gasteiger partial charge on any atom is 0.0251 e. The Bertz CT molecular complexity index is 328. The summed E-state index contributed by atoms with van der Waals surface area (Å²) < 4.78 is 0. The van der Waals surface area contributed by atoms with Gasteiger partial charge in [0.05, 0.1) is 0 Å². The molecule has 4 bridgehead atoms. The van der Waals surface area contributed by atoms with Gasteiger partial charge in [0.2, 0.25) is 0 Å². The molecule has 0 spiro atoms. The van der Waals surface area contributed by atoms with E-state index >= 15 is 0 Å². The predicted molar refractivity (Wildman–Crippen MR) is 47.6 cm³/mol. The lowest BCUT2D eigenvalue weighted by molar-refractivity contribution is 0.0202. The van der Waals surface area contributed by atoms with E-state index in [2.05, 4.69) is 0 Å². The van der Waals surface area contributed by atoms with Crippen molar-refractivity contribution < 1.29 is 0 Å². The fraction of sp³-hybridized carbons (Fsp3) is 1.00. The lowest BCUT2D eigenvalue weighted by atomic mass is 9.60. The van der Waals surface area contributed by atoms with Crippen molar-refractivity contribution in [3.63, 3.8) is 0 Å². The molecule has 0 amide bonds. The molecule has 13 heavy (non-hydrogen) atoms. The van der Waals surface area contributed by atoms with Crippen molar-refractivity contribution in [2.45, 2.75) is 18.4 Å². The molecular weight excluding hydrogens is 158 g/mol. The smallest absolute Gasteiger partial charge is 0.0251 e. The number of hydrogen-bond donors (Lipinski definition) is 1. The van der Waals surface area contributed by atoms with E-state index in [1.165, 1.54) is 11.8 Å². The zero-order valence-corrected chi connectivity index (χ0v) is 7.69. The number of hydrogen-bond acceptors (Lipinski definition) is 1. The Morgan fingerprint density at radius 2 is 1.38 bits per heavy atom. The quantitative estimate of drug-likeness (QED) is 0.583. The van der Waals surface area contributed by atoms with E-state index in [1.807, 2.05) is 0 Å². The van der Waals surface area contributed by atoms with Crippen LogP contribution in [0.3, 0.4) is 0 Å². The van der Waals surface area contributed by atoms with Crippen molar-refractivity contribution in [3.05, 3.63) is 0 Å². The second-order valence-electron chi connectivity index (χ2n) is 6.85. The van der Waals surface area contributed by atoms with Gasteiger partial charge in [-0.15, -0.1) is 0 Å². The molecule has 0 aliphatic heterocycles. The second-order valence-corrected chi connectivity index (χ2v) is 6.85. The molecule has 7 rings (SSSR count). The number of nitrogens with two attached hydrogens (primary N) is 1. The molecule has 0 aromatic rings. The Hall–Kier alpha value is -0.0400. The van der Waals surface area contributed by atoms with E-state index in [-0.39, 0.29) is 0 Å². The Kier molecular flexibility index (Phi) is 0.520. The molecule has 0 radical (unpaired) electrons. The highest BCUT2D eigenvalue weighted by Gasteiger charge is 2.90. The van der Waals surface area contributed by atoms with Gasteiger partial charge >= 0.3 is 0 Å². The van der Waals surface area contributed by atoms with Crippen LogP contribution in [0.15, 0.2) is 0 Å². The van der Waals surface area contributed by atoms with E-state index < -0.39 is 0 Å². The summed E-state index contributed by atoms with van der Waals surface area (Å²) in [5.41, 5.74) is 7.17. The summed E-state index contributed by atoms with van der Waals surface area (Å²) in [6.07, 6.45) is 3.10. The summed E-state index contributed by atoms with van der Waals surface area (Å²) >= 11 is 0. The number of rotatable bonds is 0. The van der Waals surface area contributed by atoms with E-state index in [4.69, 9.17) is 5.73 Å². The maximum atomic E-state index is 6.77. The molecule has 2 N–H and O–H groups in total. The fourth-order valence-corrected chi connectivity index (χ4v) is 7.99. The van der Waals surface area contributed by atoms with Crippen LogP contribution in [-0.2, 0) is 0 Å². The van der Waals surface area contributed by atoms with Crippen molar-refractivity contribution in [2.24, 2.45) is 59.0 Å². The van der Waals surface area contributed by atoms with Crippen LogP contribution in [-0.4, -0.2) is 5.54 Å². The molecule has 0 saturated heterocycles. The third-order valence-electron chi connectivity index (χ3n) is 7.53. The minimum atomic E-state index is 0.397. The average molecular weight is 173 g/mol. The highest BCUT2D eigenvalue weighted by atomic mass is 15.0. The highest BCUT2D eigenvalue weighted by molar-refractivity contribution is 5.40. The molecule has 0 heterocycles. The zero-order chi connectivity index (χ0) is 8.11. The van der Waals surface area contributed by atoms with Gasteiger partial charge in [0.25, 0.3) is 0 Å². The molecule has 8 atom stereocenters. The first-order chi connectivity index (χ1) is 6.33. The first-order valence-electron chi connectivity index (χ1n) is 6.12. The summed E-state index contributed by atoms with van der Waals surface area (Å²) in [7, 11) is 0. The molecule has 1 nitrogen and oxygen atoms in total. The van der Waals surface area contributed by atoms with Gasteiger partial charge in [-0.05, 0) is 66.1 Å². The van der Waals surface area contributed by atoms with Crippen LogP contribution < -0.4 is 5.73 Å². The van der Waals surface area contributed by atoms with Gasteiger partial charge in [0.1, 0.15) is 0 Å². The van der Waals surface area contributed by atoms with E-state index in [9.17, 15) is 0 Å². The second kappa shape index (κ2) is 1.18. The zero-order valence-electron chi connectivity index (χ0n) is 7.69. The molecule has 8 unspecified atom stereocenters. The van der Waals surface area contributed by atoms with Crippen molar-refractivity contribution in [3.8, 4) is 0 Å². The Balaban J connectivity index is 1.85. The summed E-state index contributed by atoms with van der Waals surface area (Å²) in [6.45, 7) is 0. The molecule has 7 saturated carbocycles. The predicted octanol–water partition coefficient (Wildman–Crippen LogP) is 1.09. The Labute approximate surface area is 78.1 Å². The van der Waals surface area contributed by atoms with Crippen LogP contribution in [0.2, 0.25) is 0 Å². The van der Waals surface area contributed by atoms with E-state index in [0.29, 0.717) is 5.54 Å². The normalized spacial score (nSPS) is 93.5. The van der Waals surface area contributed by atoms with Crippen LogP contribution in [0, 0.1) is 53.3 Å². The molecule has 1 heteroatoms. The fourth-order valence-electron chi connectivity index (χ4n) is 7.99. The topological polar surface area (TPSA) is 26.0 Å². The third kappa shape index (κ3) is 0.273.